The molecule has 132 valence electrons. The van der Waals surface area contributed by atoms with E-state index in [0.29, 0.717) is 6.79 Å². The molecule has 0 spiro atoms. The Morgan fingerprint density at radius 1 is 1.12 bits per heavy atom. The first-order valence-electron chi connectivity index (χ1n) is 7.40. The summed E-state index contributed by atoms with van der Waals surface area (Å²) in [6.45, 7) is 4.46. The van der Waals surface area contributed by atoms with Gasteiger partial charge in [-0.2, -0.15) is 0 Å². The van der Waals surface area contributed by atoms with Gasteiger partial charge in [-0.3, -0.25) is 4.90 Å². The van der Waals surface area contributed by atoms with E-state index >= 15 is 0 Å². The number of rotatable bonds is 3. The number of thiophene rings is 1. The highest BCUT2D eigenvalue weighted by atomic mass is 79.9. The van der Waals surface area contributed by atoms with Gasteiger partial charge in [0.05, 0.1) is 6.04 Å². The third-order valence-electron chi connectivity index (χ3n) is 4.12. The molecule has 1 saturated heterocycles. The largest absolute Gasteiger partial charge is 0.454 e. The second kappa shape index (κ2) is 8.74. The van der Waals surface area contributed by atoms with Crippen molar-refractivity contribution in [1.29, 1.82) is 0 Å². The summed E-state index contributed by atoms with van der Waals surface area (Å²) < 4.78 is 12.1. The van der Waals surface area contributed by atoms with Crippen molar-refractivity contribution in [2.45, 2.75) is 6.04 Å². The highest BCUT2D eigenvalue weighted by molar-refractivity contribution is 9.10. The van der Waals surface area contributed by atoms with Crippen LogP contribution < -0.4 is 14.8 Å². The van der Waals surface area contributed by atoms with Crippen LogP contribution in [0.2, 0.25) is 0 Å². The minimum absolute atomic E-state index is 0. The molecular weight excluding hydrogens is 435 g/mol. The van der Waals surface area contributed by atoms with E-state index < -0.39 is 0 Å². The van der Waals surface area contributed by atoms with Crippen LogP contribution in [0.4, 0.5) is 0 Å². The van der Waals surface area contributed by atoms with Gasteiger partial charge in [-0.1, -0.05) is 22.0 Å². The maximum atomic E-state index is 5.58. The zero-order chi connectivity index (χ0) is 14.9. The normalized spacial score (nSPS) is 17.7. The molecule has 0 bridgehead atoms. The van der Waals surface area contributed by atoms with Crippen LogP contribution in [0.25, 0.3) is 0 Å². The van der Waals surface area contributed by atoms with Crippen molar-refractivity contribution in [2.24, 2.45) is 0 Å². The van der Waals surface area contributed by atoms with E-state index in [1.807, 2.05) is 6.07 Å². The van der Waals surface area contributed by atoms with Gasteiger partial charge in [-0.25, -0.2) is 0 Å². The predicted molar refractivity (Wildman–Crippen MR) is 105 cm³/mol. The fourth-order valence-electron chi connectivity index (χ4n) is 3.06. The van der Waals surface area contributed by atoms with Crippen molar-refractivity contribution in [3.05, 3.63) is 44.6 Å². The molecule has 1 aromatic carbocycles. The van der Waals surface area contributed by atoms with Gasteiger partial charge in [0, 0.05) is 35.5 Å². The molecule has 1 aromatic heterocycles. The third kappa shape index (κ3) is 3.84. The van der Waals surface area contributed by atoms with Crippen LogP contribution in [0.3, 0.4) is 0 Å². The molecule has 4 nitrogen and oxygen atoms in total. The predicted octanol–water partition coefficient (Wildman–Crippen LogP) is 4.08. The molecule has 1 atom stereocenters. The molecule has 0 aliphatic carbocycles. The van der Waals surface area contributed by atoms with E-state index in [4.69, 9.17) is 9.47 Å². The fourth-order valence-corrected chi connectivity index (χ4v) is 4.48. The minimum Gasteiger partial charge on any atom is -0.454 e. The standard InChI is InChI=1S/C16H17BrN2O2S.2ClH/c17-12-9-14-13(20-10-21-14)8-11(12)16(15-2-1-7-22-15)19-5-3-18-4-6-19;;/h1-2,7-9,16,18H,3-6,10H2;2*1H/t16-;;/m0../s1. The Morgan fingerprint density at radius 3 is 2.50 bits per heavy atom. The summed E-state index contributed by atoms with van der Waals surface area (Å²) in [4.78, 5) is 3.89. The van der Waals surface area contributed by atoms with Crippen LogP contribution in [0.1, 0.15) is 16.5 Å². The molecule has 4 rings (SSSR count). The molecule has 2 aromatic rings. The van der Waals surface area contributed by atoms with Crippen LogP contribution in [0, 0.1) is 0 Å². The average Bonchev–Trinajstić information content (AvgIpc) is 3.20. The number of halogens is 3. The second-order valence-corrected chi connectivity index (χ2v) is 7.26. The summed E-state index contributed by atoms with van der Waals surface area (Å²) in [7, 11) is 0. The lowest BCUT2D eigenvalue weighted by Crippen LogP contribution is -2.45. The zero-order valence-electron chi connectivity index (χ0n) is 12.9. The number of piperazine rings is 1. The van der Waals surface area contributed by atoms with Gasteiger partial charge in [0.25, 0.3) is 0 Å². The molecule has 0 radical (unpaired) electrons. The summed E-state index contributed by atoms with van der Waals surface area (Å²) in [5, 5.41) is 5.57. The Hall–Kier alpha value is -0.500. The summed E-state index contributed by atoms with van der Waals surface area (Å²) >= 11 is 5.54. The number of nitrogens with one attached hydrogen (secondary N) is 1. The summed E-state index contributed by atoms with van der Waals surface area (Å²) in [5.41, 5.74) is 1.24. The lowest BCUT2D eigenvalue weighted by Gasteiger charge is -2.35. The van der Waals surface area contributed by atoms with Crippen LogP contribution >= 0.6 is 52.1 Å². The van der Waals surface area contributed by atoms with Crippen molar-refractivity contribution >= 4 is 52.1 Å². The summed E-state index contributed by atoms with van der Waals surface area (Å²) in [6, 6.07) is 8.75. The van der Waals surface area contributed by atoms with Gasteiger partial charge in [-0.15, -0.1) is 36.2 Å². The van der Waals surface area contributed by atoms with Crippen molar-refractivity contribution in [1.82, 2.24) is 10.2 Å². The van der Waals surface area contributed by atoms with E-state index in [1.165, 1.54) is 10.4 Å². The highest BCUT2D eigenvalue weighted by Crippen LogP contribution is 2.43. The number of hydrogen-bond acceptors (Lipinski definition) is 5. The van der Waals surface area contributed by atoms with E-state index in [1.54, 1.807) is 11.3 Å². The first-order chi connectivity index (χ1) is 10.8. The Morgan fingerprint density at radius 2 is 1.83 bits per heavy atom. The molecule has 0 unspecified atom stereocenters. The van der Waals surface area contributed by atoms with E-state index in [2.05, 4.69) is 49.7 Å². The minimum atomic E-state index is 0. The number of benzene rings is 1. The average molecular weight is 454 g/mol. The smallest absolute Gasteiger partial charge is 0.231 e. The van der Waals surface area contributed by atoms with Crippen molar-refractivity contribution in [3.8, 4) is 11.5 Å². The maximum absolute atomic E-state index is 5.58. The fraction of sp³-hybridized carbons (Fsp3) is 0.375. The molecule has 0 saturated carbocycles. The molecule has 24 heavy (non-hydrogen) atoms. The first-order valence-corrected chi connectivity index (χ1v) is 9.07. The number of fused-ring (bicyclic) bond motifs is 1. The van der Waals surface area contributed by atoms with Gasteiger partial charge in [0.2, 0.25) is 6.79 Å². The van der Waals surface area contributed by atoms with Crippen LogP contribution in [0.15, 0.2) is 34.1 Å². The first kappa shape index (κ1) is 19.8. The Labute approximate surface area is 166 Å². The molecule has 0 amide bonds. The van der Waals surface area contributed by atoms with E-state index in [0.717, 1.165) is 42.2 Å². The molecule has 8 heteroatoms. The number of nitrogens with zero attached hydrogens (tertiary/aromatic N) is 1. The number of hydrogen-bond donors (Lipinski definition) is 1. The maximum Gasteiger partial charge on any atom is 0.231 e. The quantitative estimate of drug-likeness (QED) is 0.759. The Bertz CT molecular complexity index is 666. The molecule has 1 N–H and O–H groups in total. The number of ether oxygens (including phenoxy) is 2. The Kier molecular flexibility index (Phi) is 7.22. The monoisotopic (exact) mass is 452 g/mol. The van der Waals surface area contributed by atoms with Gasteiger partial charge in [0.15, 0.2) is 11.5 Å². The van der Waals surface area contributed by atoms with Gasteiger partial charge >= 0.3 is 0 Å². The van der Waals surface area contributed by atoms with Gasteiger partial charge in [0.1, 0.15) is 0 Å². The zero-order valence-corrected chi connectivity index (χ0v) is 16.9. The third-order valence-corrected chi connectivity index (χ3v) is 5.73. The Balaban J connectivity index is 0.00000104. The molecular formula is C16H19BrCl2N2O2S. The molecule has 2 aliphatic heterocycles. The van der Waals surface area contributed by atoms with Crippen LogP contribution in [-0.2, 0) is 0 Å². The van der Waals surface area contributed by atoms with Crippen LogP contribution in [0.5, 0.6) is 11.5 Å². The topological polar surface area (TPSA) is 33.7 Å². The van der Waals surface area contributed by atoms with Crippen LogP contribution in [-0.4, -0.2) is 37.9 Å². The van der Waals surface area contributed by atoms with E-state index in [-0.39, 0.29) is 30.9 Å². The molecule has 3 heterocycles. The van der Waals surface area contributed by atoms with Crippen molar-refractivity contribution in [2.75, 3.05) is 33.0 Å². The van der Waals surface area contributed by atoms with Gasteiger partial charge < -0.3 is 14.8 Å². The molecule has 1 fully saturated rings. The molecule has 2 aliphatic rings. The highest BCUT2D eigenvalue weighted by Gasteiger charge is 2.28. The second-order valence-electron chi connectivity index (χ2n) is 5.43. The van der Waals surface area contributed by atoms with Crippen molar-refractivity contribution < 1.29 is 9.47 Å². The summed E-state index contributed by atoms with van der Waals surface area (Å²) in [5.74, 6) is 1.66. The van der Waals surface area contributed by atoms with Crippen molar-refractivity contribution in [3.63, 3.8) is 0 Å². The van der Waals surface area contributed by atoms with Gasteiger partial charge in [-0.05, 0) is 29.1 Å². The van der Waals surface area contributed by atoms with E-state index in [9.17, 15) is 0 Å². The lowest BCUT2D eigenvalue weighted by atomic mass is 10.0. The lowest BCUT2D eigenvalue weighted by molar-refractivity contribution is 0.173. The summed E-state index contributed by atoms with van der Waals surface area (Å²) in [6.07, 6.45) is 0. The SMILES string of the molecule is Brc1cc2c(cc1[C@@H](c1cccs1)N1CCNCC1)OCO2.Cl.Cl.